The molecular formula is C37H52N10O7S2. The van der Waals surface area contributed by atoms with E-state index in [1.807, 2.05) is 24.3 Å². The van der Waals surface area contributed by atoms with Crippen LogP contribution in [0.2, 0.25) is 0 Å². The molecular weight excluding hydrogens is 761 g/mol. The van der Waals surface area contributed by atoms with Crippen molar-refractivity contribution in [1.29, 1.82) is 5.41 Å². The molecule has 0 aliphatic carbocycles. The molecule has 56 heavy (non-hydrogen) atoms. The molecule has 19 heteroatoms. The van der Waals surface area contributed by atoms with Crippen LogP contribution in [0.15, 0.2) is 60.8 Å². The molecule has 1 heterocycles. The standard InChI is InChI=1S/C37H52N10O7S2/c1-37(2,47-30(48)24(38)14-16-55)35(54)46-27(17-21-9-4-3-5-10-21)32(50)43-26(13-8-15-41-36(39)40)31(49)44-28(33(51)45-29(20-56)34(52)53)18-22-19-42-25-12-7-6-11-23(22)25/h3-7,9-12,19,24,26-29,42,55-56H,8,13-18,20,38H2,1-2H3,(H,43,50)(H,44,49)(H,45,51)(H,46,54)(H,47,48)(H,52,53)(H4,39,40,41)/t24-,26-,27+,28-,29-/m0/s1. The first kappa shape index (κ1) is 45.1. The van der Waals surface area contributed by atoms with Crippen molar-refractivity contribution in [2.24, 2.45) is 11.5 Å². The molecule has 3 aromatic rings. The number of rotatable bonds is 22. The smallest absolute Gasteiger partial charge is 0.327 e. The minimum Gasteiger partial charge on any atom is -0.480 e. The first-order valence-electron chi connectivity index (χ1n) is 18.0. The van der Waals surface area contributed by atoms with Gasteiger partial charge < -0.3 is 53.5 Å². The third kappa shape index (κ3) is 13.8. The SMILES string of the molecule is CC(C)(NC(=O)[C@@H](N)CCS)C(=O)N[C@H](Cc1ccccc1)C(=O)N[C@@H](CCCNC(=N)N)C(=O)N[C@@H](Cc1c[nH]c2ccccc12)C(=O)N[C@@H](CS)C(=O)O. The van der Waals surface area contributed by atoms with Crippen molar-refractivity contribution < 1.29 is 33.9 Å². The molecule has 13 N–H and O–H groups in total. The number of nitrogens with two attached hydrogens (primary N) is 2. The van der Waals surface area contributed by atoms with Gasteiger partial charge in [-0.15, -0.1) is 0 Å². The third-order valence-corrected chi connectivity index (χ3v) is 9.46. The van der Waals surface area contributed by atoms with E-state index in [0.29, 0.717) is 16.9 Å². The van der Waals surface area contributed by atoms with E-state index < -0.39 is 71.3 Å². The molecule has 5 amide bonds. The molecule has 0 unspecified atom stereocenters. The summed E-state index contributed by atoms with van der Waals surface area (Å²) in [5.74, 6) is -5.04. The number of thiol groups is 2. The number of para-hydroxylation sites is 1. The number of fused-ring (bicyclic) bond motifs is 1. The van der Waals surface area contributed by atoms with E-state index in [4.69, 9.17) is 16.9 Å². The molecule has 17 nitrogen and oxygen atoms in total. The number of carbonyl (C=O) groups excluding carboxylic acids is 5. The van der Waals surface area contributed by atoms with Crippen molar-refractivity contribution in [2.45, 2.75) is 81.7 Å². The van der Waals surface area contributed by atoms with E-state index in [9.17, 15) is 33.9 Å². The van der Waals surface area contributed by atoms with Crippen molar-refractivity contribution >= 4 is 77.6 Å². The molecule has 3 rings (SSSR count). The van der Waals surface area contributed by atoms with Crippen LogP contribution in [0, 0.1) is 5.41 Å². The zero-order valence-electron chi connectivity index (χ0n) is 31.3. The van der Waals surface area contributed by atoms with Crippen molar-refractivity contribution in [2.75, 3.05) is 18.1 Å². The molecule has 2 aromatic carbocycles. The third-order valence-electron chi connectivity index (χ3n) is 8.83. The highest BCUT2D eigenvalue weighted by atomic mass is 32.1. The van der Waals surface area contributed by atoms with Gasteiger partial charge >= 0.3 is 5.97 Å². The summed E-state index contributed by atoms with van der Waals surface area (Å²) in [6.07, 6.45) is 2.16. The Kier molecular flexibility index (Phi) is 17.5. The minimum absolute atomic E-state index is 0.00422. The van der Waals surface area contributed by atoms with Gasteiger partial charge in [0.1, 0.15) is 29.7 Å². The number of hydrogen-bond donors (Lipinski definition) is 13. The predicted octanol–water partition coefficient (Wildman–Crippen LogP) is -0.288. The minimum atomic E-state index is -1.50. The Morgan fingerprint density at radius 3 is 2.02 bits per heavy atom. The van der Waals surface area contributed by atoms with Gasteiger partial charge in [-0.05, 0) is 56.1 Å². The number of benzene rings is 2. The van der Waals surface area contributed by atoms with Gasteiger partial charge in [0.15, 0.2) is 5.96 Å². The van der Waals surface area contributed by atoms with Gasteiger partial charge in [-0.25, -0.2) is 4.79 Å². The van der Waals surface area contributed by atoms with Gasteiger partial charge in [0.25, 0.3) is 0 Å². The van der Waals surface area contributed by atoms with E-state index in [1.54, 1.807) is 36.5 Å². The topological polar surface area (TPSA) is 287 Å². The normalized spacial score (nSPS) is 13.9. The van der Waals surface area contributed by atoms with Gasteiger partial charge in [0, 0.05) is 42.2 Å². The fourth-order valence-electron chi connectivity index (χ4n) is 5.66. The molecule has 0 fully saturated rings. The summed E-state index contributed by atoms with van der Waals surface area (Å²) in [6.45, 7) is 3.10. The number of H-pyrrole nitrogens is 1. The predicted molar refractivity (Wildman–Crippen MR) is 219 cm³/mol. The number of carboxylic acids is 1. The van der Waals surface area contributed by atoms with Gasteiger partial charge in [-0.2, -0.15) is 25.3 Å². The van der Waals surface area contributed by atoms with Crippen LogP contribution < -0.4 is 43.4 Å². The first-order valence-corrected chi connectivity index (χ1v) is 19.2. The summed E-state index contributed by atoms with van der Waals surface area (Å²) >= 11 is 8.15. The summed E-state index contributed by atoms with van der Waals surface area (Å²) in [7, 11) is 0. The monoisotopic (exact) mass is 812 g/mol. The van der Waals surface area contributed by atoms with Crippen LogP contribution in [0.25, 0.3) is 10.9 Å². The zero-order chi connectivity index (χ0) is 41.4. The van der Waals surface area contributed by atoms with E-state index in [-0.39, 0.29) is 50.4 Å². The molecule has 0 aliphatic rings. The summed E-state index contributed by atoms with van der Waals surface area (Å²) in [5, 5.41) is 33.7. The zero-order valence-corrected chi connectivity index (χ0v) is 33.1. The number of guanidine groups is 1. The molecule has 5 atom stereocenters. The maximum Gasteiger partial charge on any atom is 0.327 e. The summed E-state index contributed by atoms with van der Waals surface area (Å²) < 4.78 is 0. The van der Waals surface area contributed by atoms with Gasteiger partial charge in [-0.3, -0.25) is 29.4 Å². The molecule has 0 spiro atoms. The van der Waals surface area contributed by atoms with Crippen LogP contribution >= 0.6 is 25.3 Å². The van der Waals surface area contributed by atoms with Crippen molar-refractivity contribution in [3.8, 4) is 0 Å². The number of hydrogen-bond acceptors (Lipinski definition) is 10. The van der Waals surface area contributed by atoms with Crippen LogP contribution in [0.4, 0.5) is 0 Å². The van der Waals surface area contributed by atoms with Crippen LogP contribution in [-0.2, 0) is 41.6 Å². The average molecular weight is 813 g/mol. The lowest BCUT2D eigenvalue weighted by Crippen LogP contribution is -2.62. The lowest BCUT2D eigenvalue weighted by Gasteiger charge is -2.30. The largest absolute Gasteiger partial charge is 0.480 e. The number of aromatic nitrogens is 1. The molecule has 0 saturated heterocycles. The van der Waals surface area contributed by atoms with Crippen LogP contribution in [0.3, 0.4) is 0 Å². The molecule has 0 saturated carbocycles. The fourth-order valence-corrected chi connectivity index (χ4v) is 6.18. The number of nitrogens with one attached hydrogen (secondary N) is 8. The quantitative estimate of drug-likeness (QED) is 0.0273. The molecule has 1 aromatic heterocycles. The molecule has 0 bridgehead atoms. The van der Waals surface area contributed by atoms with Crippen molar-refractivity contribution in [3.05, 3.63) is 71.9 Å². The number of aromatic amines is 1. The Morgan fingerprint density at radius 2 is 1.39 bits per heavy atom. The first-order chi connectivity index (χ1) is 26.6. The fraction of sp³-hybridized carbons (Fsp3) is 0.432. The van der Waals surface area contributed by atoms with Gasteiger partial charge in [-0.1, -0.05) is 48.5 Å². The van der Waals surface area contributed by atoms with Crippen LogP contribution in [0.1, 0.15) is 44.2 Å². The summed E-state index contributed by atoms with van der Waals surface area (Å²) in [5.41, 5.74) is 12.0. The van der Waals surface area contributed by atoms with Crippen LogP contribution in [-0.4, -0.2) is 105 Å². The Hall–Kier alpha value is -5.27. The second-order valence-corrected chi connectivity index (χ2v) is 14.5. The lowest BCUT2D eigenvalue weighted by atomic mass is 9.99. The summed E-state index contributed by atoms with van der Waals surface area (Å²) in [4.78, 5) is 83.1. The molecule has 0 radical (unpaired) electrons. The molecule has 0 aliphatic heterocycles. The van der Waals surface area contributed by atoms with Gasteiger partial charge in [0.05, 0.1) is 6.04 Å². The number of carbonyl (C=O) groups is 6. The van der Waals surface area contributed by atoms with E-state index in [0.717, 1.165) is 10.9 Å². The maximum atomic E-state index is 14.1. The average Bonchev–Trinajstić information content (AvgIpc) is 3.56. The van der Waals surface area contributed by atoms with Crippen molar-refractivity contribution in [3.63, 3.8) is 0 Å². The summed E-state index contributed by atoms with van der Waals surface area (Å²) in [6, 6.07) is 10.1. The highest BCUT2D eigenvalue weighted by molar-refractivity contribution is 7.80. The number of carboxylic acid groups (broad SMARTS) is 1. The Balaban J connectivity index is 1.93. The van der Waals surface area contributed by atoms with E-state index >= 15 is 0 Å². The maximum absolute atomic E-state index is 14.1. The highest BCUT2D eigenvalue weighted by Crippen LogP contribution is 2.20. The van der Waals surface area contributed by atoms with E-state index in [1.165, 1.54) is 13.8 Å². The van der Waals surface area contributed by atoms with Crippen LogP contribution in [0.5, 0.6) is 0 Å². The van der Waals surface area contributed by atoms with E-state index in [2.05, 4.69) is 62.1 Å². The Bertz CT molecular complexity index is 1840. The number of aliphatic carboxylic acids is 1. The second-order valence-electron chi connectivity index (χ2n) is 13.7. The Labute approximate surface area is 336 Å². The highest BCUT2D eigenvalue weighted by Gasteiger charge is 2.36. The van der Waals surface area contributed by atoms with Crippen molar-refractivity contribution in [1.82, 2.24) is 36.9 Å². The molecule has 304 valence electrons. The Morgan fingerprint density at radius 1 is 0.804 bits per heavy atom. The van der Waals surface area contributed by atoms with Gasteiger partial charge in [0.2, 0.25) is 29.5 Å². The number of amides is 5. The lowest BCUT2D eigenvalue weighted by molar-refractivity contribution is -0.141. The second kappa shape index (κ2) is 21.7.